The highest BCUT2D eigenvalue weighted by Gasteiger charge is 2.09. The summed E-state index contributed by atoms with van der Waals surface area (Å²) >= 11 is 0. The summed E-state index contributed by atoms with van der Waals surface area (Å²) < 4.78 is 0. The molecule has 0 aliphatic carbocycles. The quantitative estimate of drug-likeness (QED) is 0.554. The third-order valence-corrected chi connectivity index (χ3v) is 2.74. The average molecular weight is 264 g/mol. The molecule has 0 spiro atoms. The number of hydrogen-bond donors (Lipinski definition) is 2. The van der Waals surface area contributed by atoms with E-state index in [1.54, 1.807) is 24.7 Å². The summed E-state index contributed by atoms with van der Waals surface area (Å²) in [7, 11) is 0. The van der Waals surface area contributed by atoms with Gasteiger partial charge in [0.2, 0.25) is 0 Å². The molecule has 0 radical (unpaired) electrons. The Hall–Kier alpha value is -2.86. The fourth-order valence-electron chi connectivity index (χ4n) is 1.81. The Morgan fingerprint density at radius 1 is 0.950 bits per heavy atom. The van der Waals surface area contributed by atoms with Crippen molar-refractivity contribution < 1.29 is 0 Å². The fraction of sp³-hybridized carbons (Fsp3) is 0. The summed E-state index contributed by atoms with van der Waals surface area (Å²) in [6, 6.07) is 11.6. The summed E-state index contributed by atoms with van der Waals surface area (Å²) in [5.74, 6) is 6.47. The molecule has 0 amide bonds. The predicted molar refractivity (Wildman–Crippen MR) is 76.3 cm³/mol. The molecule has 0 bridgehead atoms. The molecular formula is C14H12N6. The number of anilines is 1. The maximum atomic E-state index is 5.47. The number of nitrogen functional groups attached to an aromatic ring is 1. The van der Waals surface area contributed by atoms with Crippen molar-refractivity contribution in [2.24, 2.45) is 5.84 Å². The van der Waals surface area contributed by atoms with Crippen LogP contribution < -0.4 is 11.3 Å². The third kappa shape index (κ3) is 2.45. The van der Waals surface area contributed by atoms with E-state index >= 15 is 0 Å². The molecule has 6 nitrogen and oxygen atoms in total. The van der Waals surface area contributed by atoms with E-state index in [0.717, 1.165) is 11.3 Å². The second-order valence-corrected chi connectivity index (χ2v) is 4.06. The lowest BCUT2D eigenvalue weighted by Crippen LogP contribution is -2.10. The Kier molecular flexibility index (Phi) is 3.30. The van der Waals surface area contributed by atoms with Crippen LogP contribution >= 0.6 is 0 Å². The molecule has 3 N–H and O–H groups in total. The standard InChI is InChI=1S/C14H12N6/c15-20-13-8-11(10-4-2-1-3-5-10)18-14(19-13)12-9-16-6-7-17-12/h1-9H,15H2,(H,18,19,20). The van der Waals surface area contributed by atoms with Crippen molar-refractivity contribution in [3.63, 3.8) is 0 Å². The highest BCUT2D eigenvalue weighted by atomic mass is 15.3. The molecule has 3 rings (SSSR count). The van der Waals surface area contributed by atoms with Crippen LogP contribution in [0, 0.1) is 0 Å². The van der Waals surface area contributed by atoms with Gasteiger partial charge >= 0.3 is 0 Å². The molecule has 6 heteroatoms. The van der Waals surface area contributed by atoms with Crippen molar-refractivity contribution in [2.75, 3.05) is 5.43 Å². The van der Waals surface area contributed by atoms with Gasteiger partial charge in [-0.05, 0) is 0 Å². The number of benzene rings is 1. The molecule has 0 unspecified atom stereocenters. The zero-order valence-electron chi connectivity index (χ0n) is 10.6. The predicted octanol–water partition coefficient (Wildman–Crippen LogP) is 1.89. The number of nitrogens with zero attached hydrogens (tertiary/aromatic N) is 4. The molecule has 0 aliphatic rings. The van der Waals surface area contributed by atoms with Crippen molar-refractivity contribution >= 4 is 5.82 Å². The van der Waals surface area contributed by atoms with Crippen molar-refractivity contribution in [1.82, 2.24) is 19.9 Å². The summed E-state index contributed by atoms with van der Waals surface area (Å²) in [5, 5.41) is 0. The highest BCUT2D eigenvalue weighted by molar-refractivity contribution is 5.65. The largest absolute Gasteiger partial charge is 0.308 e. The van der Waals surface area contributed by atoms with E-state index in [1.807, 2.05) is 30.3 Å². The van der Waals surface area contributed by atoms with Gasteiger partial charge in [-0.3, -0.25) is 4.98 Å². The molecule has 2 heterocycles. The van der Waals surface area contributed by atoms with E-state index in [2.05, 4.69) is 25.4 Å². The Morgan fingerprint density at radius 2 is 1.80 bits per heavy atom. The highest BCUT2D eigenvalue weighted by Crippen LogP contribution is 2.22. The first-order chi connectivity index (χ1) is 9.86. The van der Waals surface area contributed by atoms with Crippen LogP contribution in [0.3, 0.4) is 0 Å². The number of hydrazine groups is 1. The van der Waals surface area contributed by atoms with Crippen LogP contribution in [0.4, 0.5) is 5.82 Å². The Labute approximate surface area is 115 Å². The summed E-state index contributed by atoms with van der Waals surface area (Å²) in [5.41, 5.74) is 4.90. The first kappa shape index (κ1) is 12.2. The summed E-state index contributed by atoms with van der Waals surface area (Å²) in [4.78, 5) is 17.0. The number of aromatic nitrogens is 4. The van der Waals surface area contributed by atoms with Crippen molar-refractivity contribution in [2.45, 2.75) is 0 Å². The normalized spacial score (nSPS) is 10.2. The molecule has 0 saturated carbocycles. The van der Waals surface area contributed by atoms with Crippen LogP contribution in [0.15, 0.2) is 55.0 Å². The van der Waals surface area contributed by atoms with E-state index in [1.165, 1.54) is 0 Å². The van der Waals surface area contributed by atoms with Crippen LogP contribution in [-0.2, 0) is 0 Å². The molecule has 20 heavy (non-hydrogen) atoms. The lowest BCUT2D eigenvalue weighted by Gasteiger charge is -2.07. The van der Waals surface area contributed by atoms with Crippen LogP contribution in [-0.4, -0.2) is 19.9 Å². The van der Waals surface area contributed by atoms with E-state index in [4.69, 9.17) is 5.84 Å². The van der Waals surface area contributed by atoms with Gasteiger partial charge in [-0.1, -0.05) is 30.3 Å². The maximum Gasteiger partial charge on any atom is 0.182 e. The monoisotopic (exact) mass is 264 g/mol. The van der Waals surface area contributed by atoms with E-state index in [0.29, 0.717) is 17.3 Å². The minimum absolute atomic E-state index is 0.479. The third-order valence-electron chi connectivity index (χ3n) is 2.74. The van der Waals surface area contributed by atoms with Gasteiger partial charge in [-0.2, -0.15) is 0 Å². The zero-order valence-corrected chi connectivity index (χ0v) is 10.6. The average Bonchev–Trinajstić information content (AvgIpc) is 2.56. The van der Waals surface area contributed by atoms with Gasteiger partial charge in [-0.25, -0.2) is 20.8 Å². The van der Waals surface area contributed by atoms with Gasteiger partial charge in [0.1, 0.15) is 11.5 Å². The van der Waals surface area contributed by atoms with Gasteiger partial charge in [0.25, 0.3) is 0 Å². The van der Waals surface area contributed by atoms with E-state index in [9.17, 15) is 0 Å². The Balaban J connectivity index is 2.13. The van der Waals surface area contributed by atoms with Crippen molar-refractivity contribution in [1.29, 1.82) is 0 Å². The first-order valence-electron chi connectivity index (χ1n) is 6.04. The van der Waals surface area contributed by atoms with Crippen molar-refractivity contribution in [3.8, 4) is 22.8 Å². The Bertz CT molecular complexity index is 642. The van der Waals surface area contributed by atoms with Crippen LogP contribution in [0.25, 0.3) is 22.8 Å². The summed E-state index contributed by atoms with van der Waals surface area (Å²) in [6.45, 7) is 0. The van der Waals surface area contributed by atoms with Gasteiger partial charge < -0.3 is 5.43 Å². The molecule has 1 aromatic carbocycles. The second-order valence-electron chi connectivity index (χ2n) is 4.06. The molecule has 98 valence electrons. The molecule has 0 fully saturated rings. The van der Waals surface area contributed by atoms with Gasteiger partial charge in [0.15, 0.2) is 5.82 Å². The van der Waals surface area contributed by atoms with E-state index < -0.39 is 0 Å². The molecule has 0 atom stereocenters. The number of rotatable bonds is 3. The molecule has 0 saturated heterocycles. The fourth-order valence-corrected chi connectivity index (χ4v) is 1.81. The number of nitrogens with one attached hydrogen (secondary N) is 1. The van der Waals surface area contributed by atoms with E-state index in [-0.39, 0.29) is 0 Å². The molecular weight excluding hydrogens is 252 g/mol. The SMILES string of the molecule is NNc1cc(-c2ccccc2)nc(-c2cnccn2)n1. The van der Waals surface area contributed by atoms with Gasteiger partial charge in [-0.15, -0.1) is 0 Å². The molecule has 3 aromatic rings. The van der Waals surface area contributed by atoms with Gasteiger partial charge in [0.05, 0.1) is 11.9 Å². The topological polar surface area (TPSA) is 89.6 Å². The minimum atomic E-state index is 0.479. The van der Waals surface area contributed by atoms with Gasteiger partial charge in [0, 0.05) is 24.0 Å². The minimum Gasteiger partial charge on any atom is -0.308 e. The second kappa shape index (κ2) is 5.41. The lowest BCUT2D eigenvalue weighted by atomic mass is 10.1. The zero-order chi connectivity index (χ0) is 13.8. The number of nitrogens with two attached hydrogens (primary N) is 1. The molecule has 2 aromatic heterocycles. The molecule has 0 aliphatic heterocycles. The van der Waals surface area contributed by atoms with Crippen LogP contribution in [0.1, 0.15) is 0 Å². The van der Waals surface area contributed by atoms with Crippen LogP contribution in [0.5, 0.6) is 0 Å². The Morgan fingerprint density at radius 3 is 2.50 bits per heavy atom. The van der Waals surface area contributed by atoms with Crippen molar-refractivity contribution in [3.05, 3.63) is 55.0 Å². The maximum absolute atomic E-state index is 5.47. The first-order valence-corrected chi connectivity index (χ1v) is 6.04. The smallest absolute Gasteiger partial charge is 0.182 e. The number of hydrogen-bond acceptors (Lipinski definition) is 6. The lowest BCUT2D eigenvalue weighted by molar-refractivity contribution is 1.10. The summed E-state index contributed by atoms with van der Waals surface area (Å²) in [6.07, 6.45) is 4.82. The van der Waals surface area contributed by atoms with Crippen LogP contribution in [0.2, 0.25) is 0 Å².